The molecule has 0 saturated carbocycles. The summed E-state index contributed by atoms with van der Waals surface area (Å²) in [5.74, 6) is 1.33. The maximum absolute atomic E-state index is 5.78. The van der Waals surface area contributed by atoms with Gasteiger partial charge in [0.1, 0.15) is 6.10 Å². The SMILES string of the molecule is CCCN1CCOC(c2noc(CC3COCCN3)n2)C1. The van der Waals surface area contributed by atoms with Crippen molar-refractivity contribution in [3.05, 3.63) is 11.7 Å². The van der Waals surface area contributed by atoms with Crippen LogP contribution in [0.3, 0.4) is 0 Å². The van der Waals surface area contributed by atoms with Crippen LogP contribution in [0.5, 0.6) is 0 Å². The lowest BCUT2D eigenvalue weighted by Gasteiger charge is -2.30. The largest absolute Gasteiger partial charge is 0.378 e. The average Bonchev–Trinajstić information content (AvgIpc) is 2.97. The first kappa shape index (κ1) is 14.9. The van der Waals surface area contributed by atoms with Crippen molar-refractivity contribution < 1.29 is 14.0 Å². The Balaban J connectivity index is 1.56. The molecule has 2 saturated heterocycles. The second kappa shape index (κ2) is 7.31. The summed E-state index contributed by atoms with van der Waals surface area (Å²) in [4.78, 5) is 6.89. The van der Waals surface area contributed by atoms with Gasteiger partial charge in [-0.25, -0.2) is 0 Å². The topological polar surface area (TPSA) is 72.7 Å². The van der Waals surface area contributed by atoms with Crippen LogP contribution in [0.4, 0.5) is 0 Å². The lowest BCUT2D eigenvalue weighted by molar-refractivity contribution is -0.0350. The predicted octanol–water partition coefficient (Wildman–Crippen LogP) is 0.384. The van der Waals surface area contributed by atoms with Gasteiger partial charge < -0.3 is 19.3 Å². The minimum atomic E-state index is -0.0710. The van der Waals surface area contributed by atoms with Crippen LogP contribution in [-0.2, 0) is 15.9 Å². The van der Waals surface area contributed by atoms with E-state index in [0.29, 0.717) is 24.7 Å². The van der Waals surface area contributed by atoms with E-state index in [2.05, 4.69) is 27.3 Å². The van der Waals surface area contributed by atoms with Crippen molar-refractivity contribution >= 4 is 0 Å². The molecule has 0 bridgehead atoms. The number of rotatable bonds is 5. The van der Waals surface area contributed by atoms with E-state index in [0.717, 1.165) is 45.8 Å². The lowest BCUT2D eigenvalue weighted by atomic mass is 10.2. The van der Waals surface area contributed by atoms with E-state index in [4.69, 9.17) is 14.0 Å². The molecule has 2 atom stereocenters. The molecule has 7 nitrogen and oxygen atoms in total. The molecule has 2 aliphatic rings. The van der Waals surface area contributed by atoms with Gasteiger partial charge in [-0.3, -0.25) is 4.90 Å². The number of nitrogens with one attached hydrogen (secondary N) is 1. The minimum absolute atomic E-state index is 0.0710. The van der Waals surface area contributed by atoms with E-state index in [1.165, 1.54) is 0 Å². The summed E-state index contributed by atoms with van der Waals surface area (Å²) in [7, 11) is 0. The van der Waals surface area contributed by atoms with Gasteiger partial charge in [0.2, 0.25) is 11.7 Å². The summed E-state index contributed by atoms with van der Waals surface area (Å²) in [6.07, 6.45) is 1.79. The molecule has 2 unspecified atom stereocenters. The summed E-state index contributed by atoms with van der Waals surface area (Å²) in [5.41, 5.74) is 0. The van der Waals surface area contributed by atoms with Gasteiger partial charge in [-0.2, -0.15) is 4.98 Å². The first-order valence-corrected chi connectivity index (χ1v) is 7.82. The van der Waals surface area contributed by atoms with Gasteiger partial charge in [-0.05, 0) is 13.0 Å². The molecular formula is C14H24N4O3. The fourth-order valence-corrected chi connectivity index (χ4v) is 2.82. The van der Waals surface area contributed by atoms with Crippen LogP contribution in [0.1, 0.15) is 31.2 Å². The molecular weight excluding hydrogens is 272 g/mol. The van der Waals surface area contributed by atoms with Crippen LogP contribution in [0.25, 0.3) is 0 Å². The molecule has 7 heteroatoms. The molecule has 21 heavy (non-hydrogen) atoms. The number of hydrogen-bond acceptors (Lipinski definition) is 7. The van der Waals surface area contributed by atoms with Crippen LogP contribution < -0.4 is 5.32 Å². The summed E-state index contributed by atoms with van der Waals surface area (Å²) in [5, 5.41) is 7.48. The molecule has 118 valence electrons. The Morgan fingerprint density at radius 2 is 2.33 bits per heavy atom. The van der Waals surface area contributed by atoms with Crippen molar-refractivity contribution in [3.8, 4) is 0 Å². The smallest absolute Gasteiger partial charge is 0.228 e. The van der Waals surface area contributed by atoms with Gasteiger partial charge >= 0.3 is 0 Å². The third kappa shape index (κ3) is 4.00. The highest BCUT2D eigenvalue weighted by Gasteiger charge is 2.26. The minimum Gasteiger partial charge on any atom is -0.378 e. The molecule has 1 aromatic heterocycles. The van der Waals surface area contributed by atoms with Gasteiger partial charge in [-0.15, -0.1) is 0 Å². The van der Waals surface area contributed by atoms with Gasteiger partial charge in [0, 0.05) is 32.1 Å². The van der Waals surface area contributed by atoms with Crippen LogP contribution in [-0.4, -0.2) is 67.1 Å². The Morgan fingerprint density at radius 3 is 3.14 bits per heavy atom. The first-order chi connectivity index (χ1) is 10.3. The quantitative estimate of drug-likeness (QED) is 0.842. The molecule has 1 aromatic rings. The zero-order valence-corrected chi connectivity index (χ0v) is 12.6. The monoisotopic (exact) mass is 296 g/mol. The third-order valence-corrected chi connectivity index (χ3v) is 3.88. The second-order valence-corrected chi connectivity index (χ2v) is 5.64. The van der Waals surface area contributed by atoms with Crippen molar-refractivity contribution in [1.29, 1.82) is 0 Å². The van der Waals surface area contributed by atoms with Crippen molar-refractivity contribution in [2.75, 3.05) is 46.0 Å². The van der Waals surface area contributed by atoms with Gasteiger partial charge in [0.05, 0.1) is 19.8 Å². The molecule has 0 radical (unpaired) electrons. The lowest BCUT2D eigenvalue weighted by Crippen LogP contribution is -2.42. The Bertz CT molecular complexity index is 432. The highest BCUT2D eigenvalue weighted by molar-refractivity contribution is 4.96. The zero-order chi connectivity index (χ0) is 14.5. The fourth-order valence-electron chi connectivity index (χ4n) is 2.82. The zero-order valence-electron chi connectivity index (χ0n) is 12.6. The van der Waals surface area contributed by atoms with E-state index >= 15 is 0 Å². The van der Waals surface area contributed by atoms with Gasteiger partial charge in [-0.1, -0.05) is 12.1 Å². The maximum atomic E-state index is 5.78. The van der Waals surface area contributed by atoms with Crippen molar-refractivity contribution in [1.82, 2.24) is 20.4 Å². The molecule has 0 spiro atoms. The Labute approximate surface area is 125 Å². The van der Waals surface area contributed by atoms with Crippen LogP contribution in [0, 0.1) is 0 Å². The maximum Gasteiger partial charge on any atom is 0.228 e. The fraction of sp³-hybridized carbons (Fsp3) is 0.857. The van der Waals surface area contributed by atoms with Crippen LogP contribution >= 0.6 is 0 Å². The van der Waals surface area contributed by atoms with E-state index in [1.54, 1.807) is 0 Å². The molecule has 0 aliphatic carbocycles. The molecule has 0 aromatic carbocycles. The highest BCUT2D eigenvalue weighted by Crippen LogP contribution is 2.20. The molecule has 2 aliphatic heterocycles. The average molecular weight is 296 g/mol. The number of nitrogens with zero attached hydrogens (tertiary/aromatic N) is 3. The van der Waals surface area contributed by atoms with Crippen molar-refractivity contribution in [2.24, 2.45) is 0 Å². The van der Waals surface area contributed by atoms with E-state index in [1.807, 2.05) is 0 Å². The van der Waals surface area contributed by atoms with Crippen molar-refractivity contribution in [2.45, 2.75) is 31.9 Å². The predicted molar refractivity (Wildman–Crippen MR) is 76.0 cm³/mol. The normalized spacial score (nSPS) is 27.9. The van der Waals surface area contributed by atoms with Crippen molar-refractivity contribution in [3.63, 3.8) is 0 Å². The third-order valence-electron chi connectivity index (χ3n) is 3.88. The van der Waals surface area contributed by atoms with Crippen LogP contribution in [0.2, 0.25) is 0 Å². The Morgan fingerprint density at radius 1 is 1.38 bits per heavy atom. The summed E-state index contributed by atoms with van der Waals surface area (Å²) < 4.78 is 16.6. The van der Waals surface area contributed by atoms with E-state index < -0.39 is 0 Å². The Hall–Kier alpha value is -1.02. The number of ether oxygens (including phenoxy) is 2. The summed E-state index contributed by atoms with van der Waals surface area (Å²) >= 11 is 0. The van der Waals surface area contributed by atoms with E-state index in [-0.39, 0.29) is 12.1 Å². The second-order valence-electron chi connectivity index (χ2n) is 5.64. The first-order valence-electron chi connectivity index (χ1n) is 7.82. The molecule has 2 fully saturated rings. The number of aromatic nitrogens is 2. The summed E-state index contributed by atoms with van der Waals surface area (Å²) in [6, 6.07) is 0.260. The van der Waals surface area contributed by atoms with Gasteiger partial charge in [0.15, 0.2) is 0 Å². The van der Waals surface area contributed by atoms with Crippen LogP contribution in [0.15, 0.2) is 4.52 Å². The summed E-state index contributed by atoms with van der Waals surface area (Å²) in [6.45, 7) is 8.19. The van der Waals surface area contributed by atoms with E-state index in [9.17, 15) is 0 Å². The Kier molecular flexibility index (Phi) is 5.18. The van der Waals surface area contributed by atoms with Gasteiger partial charge in [0.25, 0.3) is 0 Å². The molecule has 3 rings (SSSR count). The number of morpholine rings is 2. The molecule has 1 N–H and O–H groups in total. The molecule has 3 heterocycles. The molecule has 0 amide bonds. The number of hydrogen-bond donors (Lipinski definition) is 1. The standard InChI is InChI=1S/C14H24N4O3/c1-2-4-18-5-7-20-12(9-18)14-16-13(21-17-14)8-11-10-19-6-3-15-11/h11-12,15H,2-10H2,1H3. The highest BCUT2D eigenvalue weighted by atomic mass is 16.5.